The van der Waals surface area contributed by atoms with Crippen molar-refractivity contribution in [3.63, 3.8) is 0 Å². The van der Waals surface area contributed by atoms with Gasteiger partial charge in [-0.05, 0) is 24.1 Å². The first kappa shape index (κ1) is 19.7. The van der Waals surface area contributed by atoms with Crippen LogP contribution in [0.1, 0.15) is 64.0 Å². The van der Waals surface area contributed by atoms with E-state index in [1.807, 2.05) is 19.1 Å². The first-order valence-corrected chi connectivity index (χ1v) is 9.41. The Labute approximate surface area is 150 Å². The van der Waals surface area contributed by atoms with Crippen molar-refractivity contribution in [2.45, 2.75) is 64.5 Å². The number of hydrazine groups is 2. The highest BCUT2D eigenvalue weighted by Crippen LogP contribution is 2.29. The van der Waals surface area contributed by atoms with Crippen LogP contribution < -0.4 is 26.9 Å². The molecule has 6 heteroatoms. The first-order valence-electron chi connectivity index (χ1n) is 9.41. The Morgan fingerprint density at radius 2 is 1.80 bits per heavy atom. The topological polar surface area (TPSA) is 88.4 Å². The van der Waals surface area contributed by atoms with Gasteiger partial charge in [0.2, 0.25) is 0 Å². The van der Waals surface area contributed by atoms with Crippen molar-refractivity contribution in [1.82, 2.24) is 16.3 Å². The highest BCUT2D eigenvalue weighted by molar-refractivity contribution is 5.81. The summed E-state index contributed by atoms with van der Waals surface area (Å²) in [5, 5.41) is 0. The normalized spacial score (nSPS) is 22.8. The van der Waals surface area contributed by atoms with Gasteiger partial charge in [-0.1, -0.05) is 58.1 Å². The third-order valence-electron chi connectivity index (χ3n) is 4.88. The van der Waals surface area contributed by atoms with Crippen LogP contribution in [-0.4, -0.2) is 18.6 Å². The number of nitrogens with two attached hydrogens (primary N) is 1. The number of ether oxygens (including phenoxy) is 1. The standard InChI is InChI=1S/C19H32N4O2/c1-3-4-5-6-7-8-13-25-16-11-9-15(10-12-16)17-14(2)18(23-22-17)19(24)21-20/h9-12,14,17-18,22-23H,3-8,13,20H2,1-2H3,(H,21,24). The van der Waals surface area contributed by atoms with Crippen LogP contribution in [0.4, 0.5) is 0 Å². The van der Waals surface area contributed by atoms with E-state index >= 15 is 0 Å². The van der Waals surface area contributed by atoms with E-state index in [4.69, 9.17) is 10.6 Å². The first-order chi connectivity index (χ1) is 12.2. The van der Waals surface area contributed by atoms with Gasteiger partial charge in [0.05, 0.1) is 12.6 Å². The van der Waals surface area contributed by atoms with Crippen LogP contribution in [0.5, 0.6) is 5.75 Å². The van der Waals surface area contributed by atoms with E-state index in [2.05, 4.69) is 35.3 Å². The second kappa shape index (κ2) is 10.4. The number of carbonyl (C=O) groups is 1. The molecule has 1 amide bonds. The summed E-state index contributed by atoms with van der Waals surface area (Å²) in [6, 6.07) is 7.83. The maximum Gasteiger partial charge on any atom is 0.252 e. The number of nitrogens with one attached hydrogen (secondary N) is 3. The lowest BCUT2D eigenvalue weighted by atomic mass is 9.91. The van der Waals surface area contributed by atoms with Crippen LogP contribution in [0, 0.1) is 5.92 Å². The van der Waals surface area contributed by atoms with E-state index in [1.54, 1.807) is 0 Å². The van der Waals surface area contributed by atoms with E-state index in [9.17, 15) is 4.79 Å². The Bertz CT molecular complexity index is 521. The van der Waals surface area contributed by atoms with E-state index in [0.29, 0.717) is 0 Å². The molecule has 25 heavy (non-hydrogen) atoms. The number of amides is 1. The summed E-state index contributed by atoms with van der Waals surface area (Å²) in [4.78, 5) is 11.7. The molecule has 0 aliphatic carbocycles. The van der Waals surface area contributed by atoms with Crippen molar-refractivity contribution >= 4 is 5.91 Å². The van der Waals surface area contributed by atoms with Gasteiger partial charge in [-0.15, -0.1) is 0 Å². The lowest BCUT2D eigenvalue weighted by Crippen LogP contribution is -2.47. The fraction of sp³-hybridized carbons (Fsp3) is 0.632. The van der Waals surface area contributed by atoms with Gasteiger partial charge >= 0.3 is 0 Å². The number of hydrogen-bond donors (Lipinski definition) is 4. The average Bonchev–Trinajstić information content (AvgIpc) is 3.02. The summed E-state index contributed by atoms with van der Waals surface area (Å²) in [6.07, 6.45) is 7.58. The third kappa shape index (κ3) is 5.70. The molecular formula is C19H32N4O2. The van der Waals surface area contributed by atoms with Gasteiger partial charge < -0.3 is 4.74 Å². The Morgan fingerprint density at radius 1 is 1.12 bits per heavy atom. The predicted octanol–water partition coefficient (Wildman–Crippen LogP) is 2.57. The van der Waals surface area contributed by atoms with E-state index < -0.39 is 0 Å². The molecule has 140 valence electrons. The molecule has 2 rings (SSSR count). The van der Waals surface area contributed by atoms with Crippen LogP contribution in [0.2, 0.25) is 0 Å². The highest BCUT2D eigenvalue weighted by Gasteiger charge is 2.37. The van der Waals surface area contributed by atoms with Crippen molar-refractivity contribution in [1.29, 1.82) is 0 Å². The van der Waals surface area contributed by atoms with E-state index in [1.165, 1.54) is 32.1 Å². The third-order valence-corrected chi connectivity index (χ3v) is 4.88. The summed E-state index contributed by atoms with van der Waals surface area (Å²) in [5.74, 6) is 6.01. The minimum Gasteiger partial charge on any atom is -0.494 e. The quantitative estimate of drug-likeness (QED) is 0.226. The molecule has 0 saturated carbocycles. The largest absolute Gasteiger partial charge is 0.494 e. The minimum atomic E-state index is -0.335. The van der Waals surface area contributed by atoms with Crippen LogP contribution in [-0.2, 0) is 4.79 Å². The molecule has 1 saturated heterocycles. The number of hydrogen-bond acceptors (Lipinski definition) is 5. The summed E-state index contributed by atoms with van der Waals surface area (Å²) in [6.45, 7) is 5.03. The highest BCUT2D eigenvalue weighted by atomic mass is 16.5. The van der Waals surface area contributed by atoms with Gasteiger partial charge in [-0.2, -0.15) is 0 Å². The van der Waals surface area contributed by atoms with E-state index in [-0.39, 0.29) is 23.9 Å². The predicted molar refractivity (Wildman–Crippen MR) is 99.6 cm³/mol. The zero-order valence-corrected chi connectivity index (χ0v) is 15.4. The Kier molecular flexibility index (Phi) is 8.18. The van der Waals surface area contributed by atoms with Crippen LogP contribution in [0.15, 0.2) is 24.3 Å². The van der Waals surface area contributed by atoms with Crippen LogP contribution in [0.25, 0.3) is 0 Å². The molecule has 0 aromatic heterocycles. The second-order valence-corrected chi connectivity index (χ2v) is 6.80. The molecule has 1 aromatic carbocycles. The van der Waals surface area contributed by atoms with Gasteiger partial charge in [-0.25, -0.2) is 16.7 Å². The van der Waals surface area contributed by atoms with Crippen molar-refractivity contribution in [2.24, 2.45) is 11.8 Å². The lowest BCUT2D eigenvalue weighted by Gasteiger charge is -2.18. The number of benzene rings is 1. The zero-order chi connectivity index (χ0) is 18.1. The van der Waals surface area contributed by atoms with Crippen molar-refractivity contribution in [2.75, 3.05) is 6.61 Å². The Balaban J connectivity index is 1.75. The molecule has 3 atom stereocenters. The fourth-order valence-electron chi connectivity index (χ4n) is 3.26. The molecule has 1 heterocycles. The number of rotatable bonds is 10. The minimum absolute atomic E-state index is 0.0647. The van der Waals surface area contributed by atoms with Gasteiger partial charge in [0.1, 0.15) is 11.8 Å². The molecule has 3 unspecified atom stereocenters. The molecule has 0 spiro atoms. The van der Waals surface area contributed by atoms with E-state index in [0.717, 1.165) is 24.3 Å². The van der Waals surface area contributed by atoms with Crippen LogP contribution >= 0.6 is 0 Å². The Morgan fingerprint density at radius 3 is 2.48 bits per heavy atom. The van der Waals surface area contributed by atoms with Crippen molar-refractivity contribution < 1.29 is 9.53 Å². The molecule has 0 radical (unpaired) electrons. The summed E-state index contributed by atoms with van der Waals surface area (Å²) < 4.78 is 5.82. The van der Waals surface area contributed by atoms with Gasteiger partial charge in [0.25, 0.3) is 5.91 Å². The summed E-state index contributed by atoms with van der Waals surface area (Å²) in [7, 11) is 0. The molecule has 0 bridgehead atoms. The molecule has 1 aliphatic heterocycles. The number of carbonyl (C=O) groups excluding carboxylic acids is 1. The second-order valence-electron chi connectivity index (χ2n) is 6.80. The SMILES string of the molecule is CCCCCCCCOc1ccc(C2NNC(C(=O)NN)C2C)cc1. The van der Waals surface area contributed by atoms with Crippen molar-refractivity contribution in [3.05, 3.63) is 29.8 Å². The summed E-state index contributed by atoms with van der Waals surface area (Å²) >= 11 is 0. The summed E-state index contributed by atoms with van der Waals surface area (Å²) in [5.41, 5.74) is 9.51. The fourth-order valence-corrected chi connectivity index (χ4v) is 3.26. The maximum absolute atomic E-state index is 11.7. The molecule has 1 fully saturated rings. The molecule has 5 N–H and O–H groups in total. The van der Waals surface area contributed by atoms with Crippen molar-refractivity contribution in [3.8, 4) is 5.75 Å². The monoisotopic (exact) mass is 348 g/mol. The average molecular weight is 348 g/mol. The smallest absolute Gasteiger partial charge is 0.252 e. The molecule has 1 aliphatic rings. The molecule has 6 nitrogen and oxygen atoms in total. The van der Waals surface area contributed by atoms with Gasteiger partial charge in [-0.3, -0.25) is 10.2 Å². The molecule has 1 aromatic rings. The number of unbranched alkanes of at least 4 members (excludes halogenated alkanes) is 5. The lowest BCUT2D eigenvalue weighted by molar-refractivity contribution is -0.123. The van der Waals surface area contributed by atoms with Crippen LogP contribution in [0.3, 0.4) is 0 Å². The van der Waals surface area contributed by atoms with Gasteiger partial charge in [0.15, 0.2) is 0 Å². The zero-order valence-electron chi connectivity index (χ0n) is 15.4. The maximum atomic E-state index is 11.7. The molecular weight excluding hydrogens is 316 g/mol. The van der Waals surface area contributed by atoms with Gasteiger partial charge in [0, 0.05) is 5.92 Å². The Hall–Kier alpha value is -1.63.